The highest BCUT2D eigenvalue weighted by molar-refractivity contribution is 5.54. The summed E-state index contributed by atoms with van der Waals surface area (Å²) in [7, 11) is 1.88. The van der Waals surface area contributed by atoms with Crippen LogP contribution in [0.5, 0.6) is 0 Å². The van der Waals surface area contributed by atoms with Gasteiger partial charge in [-0.25, -0.2) is 4.99 Å². The van der Waals surface area contributed by atoms with Crippen molar-refractivity contribution >= 4 is 6.21 Å². The molecule has 0 saturated heterocycles. The Labute approximate surface area is 67.9 Å². The molecule has 0 aliphatic rings. The average molecular weight is 153 g/mol. The molecule has 0 aromatic rings. The predicted molar refractivity (Wildman–Crippen MR) is 49.3 cm³/mol. The highest BCUT2D eigenvalue weighted by Gasteiger charge is 1.91. The van der Waals surface area contributed by atoms with Crippen LogP contribution in [0.4, 0.5) is 0 Å². The van der Waals surface area contributed by atoms with E-state index in [2.05, 4.69) is 11.6 Å². The summed E-state index contributed by atoms with van der Waals surface area (Å²) in [5, 5.41) is 0. The van der Waals surface area contributed by atoms with Gasteiger partial charge in [0.1, 0.15) is 5.82 Å². The van der Waals surface area contributed by atoms with Gasteiger partial charge in [0.25, 0.3) is 0 Å². The van der Waals surface area contributed by atoms with Crippen LogP contribution in [0.3, 0.4) is 0 Å². The fraction of sp³-hybridized carbons (Fsp3) is 0.375. The Bertz CT molecular complexity index is 170. The van der Waals surface area contributed by atoms with Crippen LogP contribution in [0.2, 0.25) is 0 Å². The van der Waals surface area contributed by atoms with Gasteiger partial charge in [-0.2, -0.15) is 0 Å². The molecule has 0 heterocycles. The van der Waals surface area contributed by atoms with Crippen molar-refractivity contribution in [3.05, 3.63) is 24.7 Å². The minimum Gasteiger partial charge on any atom is -0.337 e. The maximum Gasteiger partial charge on any atom is 0.124 e. The molecule has 0 unspecified atom stereocenters. The second kappa shape index (κ2) is 5.68. The van der Waals surface area contributed by atoms with Gasteiger partial charge in [-0.15, -0.1) is 0 Å². The molecule has 3 heteroatoms. The van der Waals surface area contributed by atoms with Gasteiger partial charge in [0, 0.05) is 26.0 Å². The first kappa shape index (κ1) is 9.91. The number of hydrogen-bond acceptors (Lipinski definition) is 3. The van der Waals surface area contributed by atoms with Crippen LogP contribution in [-0.2, 0) is 0 Å². The lowest BCUT2D eigenvalue weighted by Gasteiger charge is -2.11. The molecule has 0 aliphatic heterocycles. The second-order valence-electron chi connectivity index (χ2n) is 2.03. The molecule has 0 fully saturated rings. The van der Waals surface area contributed by atoms with E-state index >= 15 is 0 Å². The Kier molecular flexibility index (Phi) is 5.11. The molecular formula is C8H15N3. The van der Waals surface area contributed by atoms with Crippen LogP contribution in [0, 0.1) is 0 Å². The van der Waals surface area contributed by atoms with Gasteiger partial charge in [0.05, 0.1) is 0 Å². The van der Waals surface area contributed by atoms with E-state index in [4.69, 9.17) is 5.73 Å². The quantitative estimate of drug-likeness (QED) is 0.611. The zero-order valence-electron chi connectivity index (χ0n) is 7.12. The zero-order valence-corrected chi connectivity index (χ0v) is 7.12. The monoisotopic (exact) mass is 153 g/mol. The lowest BCUT2D eigenvalue weighted by Crippen LogP contribution is -2.08. The van der Waals surface area contributed by atoms with Crippen LogP contribution < -0.4 is 5.73 Å². The Hall–Kier alpha value is -1.09. The molecule has 62 valence electrons. The van der Waals surface area contributed by atoms with Gasteiger partial charge < -0.3 is 10.6 Å². The van der Waals surface area contributed by atoms with E-state index in [1.54, 1.807) is 6.21 Å². The molecule has 0 saturated carbocycles. The molecule has 0 aromatic heterocycles. The summed E-state index contributed by atoms with van der Waals surface area (Å²) < 4.78 is 0. The van der Waals surface area contributed by atoms with Gasteiger partial charge in [-0.05, 0) is 6.92 Å². The number of hydrogen-bond donors (Lipinski definition) is 1. The molecule has 0 spiro atoms. The third-order valence-electron chi connectivity index (χ3n) is 1.15. The lowest BCUT2D eigenvalue weighted by atomic mass is 10.5. The molecule has 0 atom stereocenters. The first-order chi connectivity index (χ1) is 5.22. The number of rotatable bonds is 4. The van der Waals surface area contributed by atoms with Crippen LogP contribution >= 0.6 is 0 Å². The van der Waals surface area contributed by atoms with Crippen LogP contribution in [0.25, 0.3) is 0 Å². The molecule has 0 aromatic carbocycles. The van der Waals surface area contributed by atoms with Gasteiger partial charge in [-0.1, -0.05) is 12.7 Å². The maximum absolute atomic E-state index is 5.27. The third kappa shape index (κ3) is 4.33. The summed E-state index contributed by atoms with van der Waals surface area (Å²) in [6, 6.07) is 0. The molecule has 0 bridgehead atoms. The van der Waals surface area contributed by atoms with Crippen molar-refractivity contribution in [2.75, 3.05) is 13.6 Å². The first-order valence-electron chi connectivity index (χ1n) is 3.49. The normalized spacial score (nSPS) is 11.2. The van der Waals surface area contributed by atoms with E-state index in [0.29, 0.717) is 12.4 Å². The lowest BCUT2D eigenvalue weighted by molar-refractivity contribution is 0.564. The van der Waals surface area contributed by atoms with Crippen molar-refractivity contribution in [3.8, 4) is 0 Å². The van der Waals surface area contributed by atoms with E-state index in [1.807, 2.05) is 31.1 Å². The minimum atomic E-state index is 0.535. The van der Waals surface area contributed by atoms with Gasteiger partial charge in [0.2, 0.25) is 0 Å². The Morgan fingerprint density at radius 1 is 1.73 bits per heavy atom. The van der Waals surface area contributed by atoms with Crippen LogP contribution in [0.15, 0.2) is 29.7 Å². The standard InChI is InChI=1S/C8H15N3/c1-4-10-8(2)11(3)7-5-6-9/h4-5,7H,2,6,9H2,1,3H3/b7-5-,10-4-. The summed E-state index contributed by atoms with van der Waals surface area (Å²) in [6.45, 7) is 6.12. The predicted octanol–water partition coefficient (Wildman–Crippen LogP) is 0.952. The molecule has 0 radical (unpaired) electrons. The zero-order chi connectivity index (χ0) is 8.69. The van der Waals surface area contributed by atoms with E-state index in [0.717, 1.165) is 0 Å². The minimum absolute atomic E-state index is 0.535. The second-order valence-corrected chi connectivity index (χ2v) is 2.03. The third-order valence-corrected chi connectivity index (χ3v) is 1.15. The Balaban J connectivity index is 3.92. The largest absolute Gasteiger partial charge is 0.337 e. The average Bonchev–Trinajstić information content (AvgIpc) is 2.00. The molecule has 0 rings (SSSR count). The first-order valence-corrected chi connectivity index (χ1v) is 3.49. The highest BCUT2D eigenvalue weighted by Crippen LogP contribution is 1.98. The molecular weight excluding hydrogens is 138 g/mol. The molecule has 11 heavy (non-hydrogen) atoms. The van der Waals surface area contributed by atoms with Gasteiger partial charge in [0.15, 0.2) is 0 Å². The van der Waals surface area contributed by atoms with Crippen molar-refractivity contribution in [1.29, 1.82) is 0 Å². The van der Waals surface area contributed by atoms with Gasteiger partial charge >= 0.3 is 0 Å². The fourth-order valence-corrected chi connectivity index (χ4v) is 0.545. The van der Waals surface area contributed by atoms with Gasteiger partial charge in [-0.3, -0.25) is 0 Å². The summed E-state index contributed by atoms with van der Waals surface area (Å²) in [6.07, 6.45) is 5.39. The molecule has 0 aliphatic carbocycles. The van der Waals surface area contributed by atoms with E-state index in [-0.39, 0.29) is 0 Å². The SMILES string of the molecule is C=C(/N=C\C)N(C)/C=C\CN. The molecule has 3 nitrogen and oxygen atoms in total. The maximum atomic E-state index is 5.27. The summed E-state index contributed by atoms with van der Waals surface area (Å²) in [5.74, 6) is 0.706. The highest BCUT2D eigenvalue weighted by atomic mass is 15.2. The topological polar surface area (TPSA) is 41.6 Å². The molecule has 2 N–H and O–H groups in total. The summed E-state index contributed by atoms with van der Waals surface area (Å²) in [5.41, 5.74) is 5.27. The summed E-state index contributed by atoms with van der Waals surface area (Å²) >= 11 is 0. The Morgan fingerprint density at radius 3 is 2.82 bits per heavy atom. The fourth-order valence-electron chi connectivity index (χ4n) is 0.545. The Morgan fingerprint density at radius 2 is 2.36 bits per heavy atom. The smallest absolute Gasteiger partial charge is 0.124 e. The van der Waals surface area contributed by atoms with Crippen molar-refractivity contribution in [1.82, 2.24) is 4.90 Å². The number of nitrogens with zero attached hydrogens (tertiary/aromatic N) is 2. The molecule has 0 amide bonds. The van der Waals surface area contributed by atoms with E-state index < -0.39 is 0 Å². The van der Waals surface area contributed by atoms with Crippen molar-refractivity contribution in [2.24, 2.45) is 10.7 Å². The van der Waals surface area contributed by atoms with Crippen LogP contribution in [-0.4, -0.2) is 24.7 Å². The number of nitrogens with two attached hydrogens (primary N) is 1. The van der Waals surface area contributed by atoms with Crippen molar-refractivity contribution < 1.29 is 0 Å². The van der Waals surface area contributed by atoms with E-state index in [9.17, 15) is 0 Å². The van der Waals surface area contributed by atoms with Crippen molar-refractivity contribution in [2.45, 2.75) is 6.92 Å². The summed E-state index contributed by atoms with van der Waals surface area (Å²) in [4.78, 5) is 5.80. The number of aliphatic imine (C=N–C) groups is 1. The van der Waals surface area contributed by atoms with Crippen LogP contribution in [0.1, 0.15) is 6.92 Å². The van der Waals surface area contributed by atoms with Crippen molar-refractivity contribution in [3.63, 3.8) is 0 Å². The van der Waals surface area contributed by atoms with E-state index in [1.165, 1.54) is 0 Å².